The average molecular weight is 277 g/mol. The molecule has 0 aromatic heterocycles. The summed E-state index contributed by atoms with van der Waals surface area (Å²) < 4.78 is 19.3. The molecule has 0 saturated carbocycles. The summed E-state index contributed by atoms with van der Waals surface area (Å²) in [6.07, 6.45) is 0. The number of aryl methyl sites for hydroxylation is 1. The normalized spacial score (nSPS) is 15.3. The van der Waals surface area contributed by atoms with Gasteiger partial charge in [-0.2, -0.15) is 0 Å². The molecule has 0 bridgehead atoms. The van der Waals surface area contributed by atoms with Crippen molar-refractivity contribution in [2.75, 3.05) is 0 Å². The topological polar surface area (TPSA) is 9.23 Å². The van der Waals surface area contributed by atoms with Crippen LogP contribution in [-0.2, 0) is 18.0 Å². The van der Waals surface area contributed by atoms with Gasteiger partial charge in [0.2, 0.25) is 0 Å². The standard InChI is InChI=1S/C16H14ClFO/c1-10-2-5-15(18)14(6-10)16(17)11-3-4-12-8-19-9-13(12)7-11/h2-7,16H,8-9H2,1H3. The Morgan fingerprint density at radius 2 is 1.89 bits per heavy atom. The molecular formula is C16H14ClFO. The van der Waals surface area contributed by atoms with Gasteiger partial charge in [-0.15, -0.1) is 11.6 Å². The maximum Gasteiger partial charge on any atom is 0.128 e. The van der Waals surface area contributed by atoms with E-state index in [9.17, 15) is 4.39 Å². The number of benzene rings is 2. The van der Waals surface area contributed by atoms with Crippen LogP contribution in [0.4, 0.5) is 4.39 Å². The summed E-state index contributed by atoms with van der Waals surface area (Å²) in [5.74, 6) is -0.262. The zero-order valence-corrected chi connectivity index (χ0v) is 11.4. The Balaban J connectivity index is 1.99. The van der Waals surface area contributed by atoms with E-state index < -0.39 is 5.38 Å². The van der Waals surface area contributed by atoms with E-state index in [2.05, 4.69) is 0 Å². The molecule has 1 aliphatic heterocycles. The minimum atomic E-state index is -0.467. The van der Waals surface area contributed by atoms with Crippen LogP contribution < -0.4 is 0 Å². The average Bonchev–Trinajstić information content (AvgIpc) is 2.88. The van der Waals surface area contributed by atoms with Gasteiger partial charge in [0.05, 0.1) is 18.6 Å². The fourth-order valence-corrected chi connectivity index (χ4v) is 2.69. The minimum Gasteiger partial charge on any atom is -0.372 e. The van der Waals surface area contributed by atoms with Gasteiger partial charge in [-0.25, -0.2) is 4.39 Å². The van der Waals surface area contributed by atoms with E-state index >= 15 is 0 Å². The molecule has 1 atom stereocenters. The highest BCUT2D eigenvalue weighted by Crippen LogP contribution is 2.33. The zero-order valence-electron chi connectivity index (χ0n) is 10.6. The second-order valence-electron chi connectivity index (χ2n) is 4.91. The molecule has 1 aliphatic rings. The molecule has 98 valence electrons. The Labute approximate surface area is 117 Å². The lowest BCUT2D eigenvalue weighted by molar-refractivity contribution is 0.134. The maximum atomic E-state index is 13.9. The summed E-state index contributed by atoms with van der Waals surface area (Å²) in [4.78, 5) is 0. The van der Waals surface area contributed by atoms with Crippen LogP contribution in [0.3, 0.4) is 0 Å². The van der Waals surface area contributed by atoms with Gasteiger partial charge in [-0.1, -0.05) is 35.9 Å². The predicted octanol–water partition coefficient (Wildman–Crippen LogP) is 4.49. The lowest BCUT2D eigenvalue weighted by Crippen LogP contribution is -1.99. The highest BCUT2D eigenvalue weighted by Gasteiger charge is 2.18. The molecule has 1 nitrogen and oxygen atoms in total. The molecule has 2 aromatic rings. The predicted molar refractivity (Wildman–Crippen MR) is 73.8 cm³/mol. The molecule has 0 amide bonds. The summed E-state index contributed by atoms with van der Waals surface area (Å²) in [6, 6.07) is 11.0. The van der Waals surface area contributed by atoms with Crippen molar-refractivity contribution >= 4 is 11.6 Å². The van der Waals surface area contributed by atoms with Crippen molar-refractivity contribution in [1.29, 1.82) is 0 Å². The molecule has 0 N–H and O–H groups in total. The zero-order chi connectivity index (χ0) is 13.4. The first kappa shape index (κ1) is 12.6. The molecule has 0 saturated heterocycles. The van der Waals surface area contributed by atoms with Crippen molar-refractivity contribution in [3.8, 4) is 0 Å². The fraction of sp³-hybridized carbons (Fsp3) is 0.250. The number of hydrogen-bond donors (Lipinski definition) is 0. The Morgan fingerprint density at radius 3 is 2.74 bits per heavy atom. The van der Waals surface area contributed by atoms with Gasteiger partial charge in [0, 0.05) is 5.56 Å². The van der Waals surface area contributed by atoms with Gasteiger partial charge in [0.15, 0.2) is 0 Å². The third kappa shape index (κ3) is 2.38. The van der Waals surface area contributed by atoms with E-state index in [1.165, 1.54) is 11.6 Å². The van der Waals surface area contributed by atoms with E-state index in [1.54, 1.807) is 12.1 Å². The summed E-state index contributed by atoms with van der Waals surface area (Å²) in [7, 11) is 0. The van der Waals surface area contributed by atoms with Crippen molar-refractivity contribution in [3.05, 3.63) is 70.0 Å². The first-order valence-electron chi connectivity index (χ1n) is 6.25. The van der Waals surface area contributed by atoms with Crippen LogP contribution in [0, 0.1) is 12.7 Å². The number of alkyl halides is 1. The molecule has 0 spiro atoms. The quantitative estimate of drug-likeness (QED) is 0.734. The van der Waals surface area contributed by atoms with Crippen LogP contribution in [0.15, 0.2) is 36.4 Å². The maximum absolute atomic E-state index is 13.9. The Morgan fingerprint density at radius 1 is 1.11 bits per heavy atom. The van der Waals surface area contributed by atoms with Gasteiger partial charge in [0.1, 0.15) is 5.82 Å². The molecular weight excluding hydrogens is 263 g/mol. The van der Waals surface area contributed by atoms with Crippen LogP contribution >= 0.6 is 11.6 Å². The Bertz CT molecular complexity index is 624. The van der Waals surface area contributed by atoms with Crippen LogP contribution in [0.5, 0.6) is 0 Å². The van der Waals surface area contributed by atoms with Gasteiger partial charge >= 0.3 is 0 Å². The van der Waals surface area contributed by atoms with Crippen LogP contribution in [-0.4, -0.2) is 0 Å². The molecule has 0 fully saturated rings. The van der Waals surface area contributed by atoms with Crippen LogP contribution in [0.2, 0.25) is 0 Å². The smallest absolute Gasteiger partial charge is 0.128 e. The SMILES string of the molecule is Cc1ccc(F)c(C(Cl)c2ccc3c(c2)COC3)c1. The number of ether oxygens (including phenoxy) is 1. The van der Waals surface area contributed by atoms with Crippen LogP contribution in [0.1, 0.15) is 33.2 Å². The second kappa shape index (κ2) is 4.95. The Kier molecular flexibility index (Phi) is 3.29. The van der Waals surface area contributed by atoms with Gasteiger partial charge in [0.25, 0.3) is 0 Å². The van der Waals surface area contributed by atoms with Crippen molar-refractivity contribution < 1.29 is 9.13 Å². The van der Waals surface area contributed by atoms with Gasteiger partial charge in [-0.05, 0) is 29.7 Å². The molecule has 3 rings (SSSR count). The summed E-state index contributed by atoms with van der Waals surface area (Å²) in [5, 5.41) is -0.467. The van der Waals surface area contributed by atoms with Crippen LogP contribution in [0.25, 0.3) is 0 Å². The largest absolute Gasteiger partial charge is 0.372 e. The molecule has 0 radical (unpaired) electrons. The lowest BCUT2D eigenvalue weighted by Gasteiger charge is -2.13. The van der Waals surface area contributed by atoms with E-state index in [0.29, 0.717) is 18.8 Å². The van der Waals surface area contributed by atoms with Crippen molar-refractivity contribution in [2.45, 2.75) is 25.5 Å². The third-order valence-corrected chi connectivity index (χ3v) is 3.95. The van der Waals surface area contributed by atoms with E-state index in [1.807, 2.05) is 25.1 Å². The highest BCUT2D eigenvalue weighted by atomic mass is 35.5. The van der Waals surface area contributed by atoms with Gasteiger partial charge < -0.3 is 4.74 Å². The fourth-order valence-electron chi connectivity index (χ4n) is 2.39. The first-order chi connectivity index (χ1) is 9.15. The molecule has 0 aliphatic carbocycles. The molecule has 3 heteroatoms. The number of hydrogen-bond acceptors (Lipinski definition) is 1. The third-order valence-electron chi connectivity index (χ3n) is 3.46. The summed E-state index contributed by atoms with van der Waals surface area (Å²) >= 11 is 6.43. The van der Waals surface area contributed by atoms with Gasteiger partial charge in [-0.3, -0.25) is 0 Å². The summed E-state index contributed by atoms with van der Waals surface area (Å²) in [5.41, 5.74) is 4.79. The number of rotatable bonds is 2. The molecule has 2 aromatic carbocycles. The molecule has 1 unspecified atom stereocenters. The number of halogens is 2. The minimum absolute atomic E-state index is 0.262. The molecule has 1 heterocycles. The summed E-state index contributed by atoms with van der Waals surface area (Å²) in [6.45, 7) is 3.20. The number of fused-ring (bicyclic) bond motifs is 1. The van der Waals surface area contributed by atoms with Crippen molar-refractivity contribution in [1.82, 2.24) is 0 Å². The second-order valence-corrected chi connectivity index (χ2v) is 5.34. The van der Waals surface area contributed by atoms with E-state index in [-0.39, 0.29) is 5.82 Å². The van der Waals surface area contributed by atoms with E-state index in [4.69, 9.17) is 16.3 Å². The highest BCUT2D eigenvalue weighted by molar-refractivity contribution is 6.22. The Hall–Kier alpha value is -1.38. The van der Waals surface area contributed by atoms with Crippen molar-refractivity contribution in [3.63, 3.8) is 0 Å². The first-order valence-corrected chi connectivity index (χ1v) is 6.68. The monoisotopic (exact) mass is 276 g/mol. The molecule has 19 heavy (non-hydrogen) atoms. The lowest BCUT2D eigenvalue weighted by atomic mass is 9.99. The van der Waals surface area contributed by atoms with Crippen molar-refractivity contribution in [2.24, 2.45) is 0 Å². The van der Waals surface area contributed by atoms with E-state index in [0.717, 1.165) is 16.7 Å².